The minimum atomic E-state index is 0.722. The van der Waals surface area contributed by atoms with Crippen molar-refractivity contribution in [2.75, 3.05) is 52.5 Å². The van der Waals surface area contributed by atoms with Crippen molar-refractivity contribution < 1.29 is 4.74 Å². The van der Waals surface area contributed by atoms with E-state index < -0.39 is 0 Å². The van der Waals surface area contributed by atoms with E-state index in [1.54, 1.807) is 0 Å². The van der Waals surface area contributed by atoms with Gasteiger partial charge < -0.3 is 15.0 Å². The molecular weight excluding hydrogens is 380 g/mol. The van der Waals surface area contributed by atoms with Gasteiger partial charge in [0.05, 0.1) is 19.8 Å². The molecule has 2 aliphatic heterocycles. The summed E-state index contributed by atoms with van der Waals surface area (Å²) in [4.78, 5) is 9.83. The number of likely N-dealkylation sites (tertiary alicyclic amines) is 1. The lowest BCUT2D eigenvalue weighted by Gasteiger charge is -2.29. The SMILES string of the molecule is CCNC(=NCc1ccc(Br)cc1)N1CCC(CN2CCOCC2)C1. The third kappa shape index (κ3) is 5.69. The van der Waals surface area contributed by atoms with Gasteiger partial charge in [0.25, 0.3) is 0 Å². The number of hydrogen-bond donors (Lipinski definition) is 1. The van der Waals surface area contributed by atoms with Crippen molar-refractivity contribution in [2.24, 2.45) is 10.9 Å². The smallest absolute Gasteiger partial charge is 0.194 e. The monoisotopic (exact) mass is 408 g/mol. The number of nitrogens with one attached hydrogen (secondary N) is 1. The lowest BCUT2D eigenvalue weighted by molar-refractivity contribution is 0.0315. The molecule has 2 aliphatic rings. The quantitative estimate of drug-likeness (QED) is 0.600. The van der Waals surface area contributed by atoms with Crippen LogP contribution in [0.25, 0.3) is 0 Å². The molecule has 1 aromatic rings. The number of aliphatic imine (C=N–C) groups is 1. The molecule has 0 radical (unpaired) electrons. The molecule has 2 saturated heterocycles. The maximum atomic E-state index is 5.45. The van der Waals surface area contributed by atoms with Gasteiger partial charge in [-0.2, -0.15) is 0 Å². The topological polar surface area (TPSA) is 40.1 Å². The standard InChI is InChI=1S/C19H29BrN4O/c1-2-21-19(22-13-16-3-5-18(20)6-4-16)24-8-7-17(15-24)14-23-9-11-25-12-10-23/h3-6,17H,2,7-15H2,1H3,(H,21,22). The van der Waals surface area contributed by atoms with E-state index in [1.165, 1.54) is 18.5 Å². The summed E-state index contributed by atoms with van der Waals surface area (Å²) in [6, 6.07) is 8.41. The van der Waals surface area contributed by atoms with Crippen LogP contribution in [0.3, 0.4) is 0 Å². The van der Waals surface area contributed by atoms with E-state index in [4.69, 9.17) is 9.73 Å². The molecule has 1 N–H and O–H groups in total. The zero-order valence-corrected chi connectivity index (χ0v) is 16.7. The Hall–Kier alpha value is -1.11. The van der Waals surface area contributed by atoms with Gasteiger partial charge >= 0.3 is 0 Å². The summed E-state index contributed by atoms with van der Waals surface area (Å²) in [7, 11) is 0. The first-order chi connectivity index (χ1) is 12.2. The van der Waals surface area contributed by atoms with Gasteiger partial charge in [0.15, 0.2) is 5.96 Å². The van der Waals surface area contributed by atoms with Gasteiger partial charge in [0, 0.05) is 43.7 Å². The summed E-state index contributed by atoms with van der Waals surface area (Å²) < 4.78 is 6.56. The second kappa shape index (κ2) is 9.55. The van der Waals surface area contributed by atoms with Crippen LogP contribution in [0.15, 0.2) is 33.7 Å². The van der Waals surface area contributed by atoms with E-state index in [0.29, 0.717) is 0 Å². The van der Waals surface area contributed by atoms with Gasteiger partial charge in [-0.05, 0) is 37.0 Å². The molecule has 1 aromatic carbocycles. The van der Waals surface area contributed by atoms with Crippen LogP contribution in [-0.4, -0.2) is 68.2 Å². The van der Waals surface area contributed by atoms with E-state index in [0.717, 1.165) is 68.8 Å². The van der Waals surface area contributed by atoms with Crippen LogP contribution in [0.4, 0.5) is 0 Å². The van der Waals surface area contributed by atoms with Crippen LogP contribution >= 0.6 is 15.9 Å². The average Bonchev–Trinajstić information content (AvgIpc) is 3.09. The van der Waals surface area contributed by atoms with Gasteiger partial charge in [0.2, 0.25) is 0 Å². The highest BCUT2D eigenvalue weighted by molar-refractivity contribution is 9.10. The van der Waals surface area contributed by atoms with E-state index in [2.05, 4.69) is 62.2 Å². The van der Waals surface area contributed by atoms with Crippen molar-refractivity contribution >= 4 is 21.9 Å². The van der Waals surface area contributed by atoms with E-state index in [-0.39, 0.29) is 0 Å². The Kier molecular flexibility index (Phi) is 7.13. The first kappa shape index (κ1) is 18.7. The van der Waals surface area contributed by atoms with E-state index in [1.807, 2.05) is 0 Å². The number of nitrogens with zero attached hydrogens (tertiary/aromatic N) is 3. The van der Waals surface area contributed by atoms with Crippen molar-refractivity contribution in [2.45, 2.75) is 19.9 Å². The number of ether oxygens (including phenoxy) is 1. The third-order valence-corrected chi connectivity index (χ3v) is 5.39. The Labute approximate surface area is 159 Å². The van der Waals surface area contributed by atoms with Crippen LogP contribution in [0.2, 0.25) is 0 Å². The Balaban J connectivity index is 1.54. The molecule has 138 valence electrons. The third-order valence-electron chi connectivity index (χ3n) is 4.87. The minimum Gasteiger partial charge on any atom is -0.379 e. The summed E-state index contributed by atoms with van der Waals surface area (Å²) in [6.07, 6.45) is 1.25. The maximum Gasteiger partial charge on any atom is 0.194 e. The molecule has 0 aliphatic carbocycles. The zero-order valence-electron chi connectivity index (χ0n) is 15.1. The fraction of sp³-hybridized carbons (Fsp3) is 0.632. The van der Waals surface area contributed by atoms with Gasteiger partial charge in [-0.15, -0.1) is 0 Å². The maximum absolute atomic E-state index is 5.45. The fourth-order valence-electron chi connectivity index (χ4n) is 3.50. The molecule has 3 rings (SSSR count). The van der Waals surface area contributed by atoms with Crippen molar-refractivity contribution in [3.63, 3.8) is 0 Å². The van der Waals surface area contributed by atoms with E-state index in [9.17, 15) is 0 Å². The predicted molar refractivity (Wildman–Crippen MR) is 106 cm³/mol. The molecular formula is C19H29BrN4O. The molecule has 0 spiro atoms. The molecule has 1 unspecified atom stereocenters. The van der Waals surface area contributed by atoms with Crippen LogP contribution in [0, 0.1) is 5.92 Å². The molecule has 2 heterocycles. The van der Waals surface area contributed by atoms with Crippen LogP contribution < -0.4 is 5.32 Å². The summed E-state index contributed by atoms with van der Waals surface area (Å²) >= 11 is 3.48. The molecule has 0 amide bonds. The van der Waals surface area contributed by atoms with Crippen molar-refractivity contribution in [1.82, 2.24) is 15.1 Å². The Morgan fingerprint density at radius 2 is 2.00 bits per heavy atom. The molecule has 6 heteroatoms. The lowest BCUT2D eigenvalue weighted by atomic mass is 10.1. The number of guanidine groups is 1. The first-order valence-corrected chi connectivity index (χ1v) is 10.1. The molecule has 25 heavy (non-hydrogen) atoms. The van der Waals surface area contributed by atoms with Crippen LogP contribution in [0.5, 0.6) is 0 Å². The van der Waals surface area contributed by atoms with Gasteiger partial charge in [-0.25, -0.2) is 4.99 Å². The number of hydrogen-bond acceptors (Lipinski definition) is 3. The lowest BCUT2D eigenvalue weighted by Crippen LogP contribution is -2.42. The summed E-state index contributed by atoms with van der Waals surface area (Å²) in [5.41, 5.74) is 1.24. The summed E-state index contributed by atoms with van der Waals surface area (Å²) in [5.74, 6) is 1.78. The average molecular weight is 409 g/mol. The Morgan fingerprint density at radius 1 is 1.24 bits per heavy atom. The number of benzene rings is 1. The molecule has 0 saturated carbocycles. The fourth-order valence-corrected chi connectivity index (χ4v) is 3.77. The van der Waals surface area contributed by atoms with Crippen LogP contribution in [0.1, 0.15) is 18.9 Å². The predicted octanol–water partition coefficient (Wildman–Crippen LogP) is 2.57. The number of rotatable bonds is 5. The molecule has 5 nitrogen and oxygen atoms in total. The van der Waals surface area contributed by atoms with Crippen molar-refractivity contribution in [1.29, 1.82) is 0 Å². The zero-order chi connectivity index (χ0) is 17.5. The first-order valence-electron chi connectivity index (χ1n) is 9.32. The summed E-state index contributed by atoms with van der Waals surface area (Å²) in [5, 5.41) is 3.46. The van der Waals surface area contributed by atoms with Crippen LogP contribution in [-0.2, 0) is 11.3 Å². The van der Waals surface area contributed by atoms with Gasteiger partial charge in [-0.3, -0.25) is 4.90 Å². The van der Waals surface area contributed by atoms with Crippen molar-refractivity contribution in [3.05, 3.63) is 34.3 Å². The number of halogens is 1. The molecule has 1 atom stereocenters. The normalized spacial score (nSPS) is 22.4. The molecule has 0 bridgehead atoms. The van der Waals surface area contributed by atoms with Crippen molar-refractivity contribution in [3.8, 4) is 0 Å². The van der Waals surface area contributed by atoms with E-state index >= 15 is 0 Å². The number of morpholine rings is 1. The summed E-state index contributed by atoms with van der Waals surface area (Å²) in [6.45, 7) is 11.1. The molecule has 2 fully saturated rings. The highest BCUT2D eigenvalue weighted by atomic mass is 79.9. The van der Waals surface area contributed by atoms with Gasteiger partial charge in [-0.1, -0.05) is 28.1 Å². The largest absolute Gasteiger partial charge is 0.379 e. The Morgan fingerprint density at radius 3 is 2.72 bits per heavy atom. The second-order valence-corrected chi connectivity index (χ2v) is 7.73. The highest BCUT2D eigenvalue weighted by Gasteiger charge is 2.27. The minimum absolute atomic E-state index is 0.722. The highest BCUT2D eigenvalue weighted by Crippen LogP contribution is 2.19. The van der Waals surface area contributed by atoms with Gasteiger partial charge in [0.1, 0.15) is 0 Å². The molecule has 0 aromatic heterocycles. The second-order valence-electron chi connectivity index (χ2n) is 6.81. The Bertz CT molecular complexity index is 557.